The van der Waals surface area contributed by atoms with Gasteiger partial charge < -0.3 is 4.74 Å². The van der Waals surface area contributed by atoms with E-state index in [1.54, 1.807) is 6.07 Å². The molecule has 22 heavy (non-hydrogen) atoms. The van der Waals surface area contributed by atoms with Gasteiger partial charge in [0.05, 0.1) is 5.56 Å². The quantitative estimate of drug-likeness (QED) is 0.578. The summed E-state index contributed by atoms with van der Waals surface area (Å²) in [6, 6.07) is 21.4. The first-order valence-electron chi connectivity index (χ1n) is 7.10. The van der Waals surface area contributed by atoms with Gasteiger partial charge in [0.1, 0.15) is 6.10 Å². The number of hydrogen-bond acceptors (Lipinski definition) is 2. The zero-order valence-electron chi connectivity index (χ0n) is 12.1. The summed E-state index contributed by atoms with van der Waals surface area (Å²) < 4.78 is 6.38. The third kappa shape index (κ3) is 2.90. The number of benzene rings is 3. The van der Waals surface area contributed by atoms with Gasteiger partial charge in [-0.2, -0.15) is 0 Å². The predicted molar refractivity (Wildman–Crippen MR) is 91.9 cm³/mol. The van der Waals surface area contributed by atoms with E-state index in [2.05, 4.69) is 28.1 Å². The number of halogens is 1. The molecule has 1 atom stereocenters. The van der Waals surface area contributed by atoms with Crippen molar-refractivity contribution < 1.29 is 9.53 Å². The molecule has 3 rings (SSSR count). The van der Waals surface area contributed by atoms with E-state index in [4.69, 9.17) is 4.74 Å². The lowest BCUT2D eigenvalue weighted by Crippen LogP contribution is -2.10. The SMILES string of the molecule is CC(OC(=O)c1ccccc1Br)c1cccc2ccccc12. The molecule has 0 N–H and O–H groups in total. The molecule has 1 unspecified atom stereocenters. The van der Waals surface area contributed by atoms with Crippen LogP contribution in [0.4, 0.5) is 0 Å². The van der Waals surface area contributed by atoms with Crippen LogP contribution in [0.1, 0.15) is 28.9 Å². The number of ether oxygens (including phenoxy) is 1. The van der Waals surface area contributed by atoms with Gasteiger partial charge in [-0.05, 0) is 51.3 Å². The summed E-state index contributed by atoms with van der Waals surface area (Å²) in [5, 5.41) is 2.25. The number of esters is 1. The van der Waals surface area contributed by atoms with Gasteiger partial charge >= 0.3 is 5.97 Å². The van der Waals surface area contributed by atoms with Crippen molar-refractivity contribution in [3.8, 4) is 0 Å². The summed E-state index contributed by atoms with van der Waals surface area (Å²) in [6.07, 6.45) is -0.314. The Morgan fingerprint density at radius 1 is 0.955 bits per heavy atom. The topological polar surface area (TPSA) is 26.3 Å². The molecule has 0 aliphatic rings. The van der Waals surface area contributed by atoms with Crippen molar-refractivity contribution in [3.05, 3.63) is 82.3 Å². The summed E-state index contributed by atoms with van der Waals surface area (Å²) in [5.74, 6) is -0.326. The van der Waals surface area contributed by atoms with Gasteiger partial charge in [-0.15, -0.1) is 0 Å². The highest BCUT2D eigenvalue weighted by Gasteiger charge is 2.17. The Kier molecular flexibility index (Phi) is 4.25. The molecule has 3 aromatic carbocycles. The van der Waals surface area contributed by atoms with E-state index in [0.717, 1.165) is 20.8 Å². The molecule has 0 bridgehead atoms. The molecular formula is C19H15BrO2. The summed E-state index contributed by atoms with van der Waals surface area (Å²) in [6.45, 7) is 1.90. The first-order valence-corrected chi connectivity index (χ1v) is 7.89. The van der Waals surface area contributed by atoms with Crippen LogP contribution < -0.4 is 0 Å². The van der Waals surface area contributed by atoms with Crippen molar-refractivity contribution in [2.45, 2.75) is 13.0 Å². The van der Waals surface area contributed by atoms with Crippen molar-refractivity contribution in [2.75, 3.05) is 0 Å². The number of fused-ring (bicyclic) bond motifs is 1. The second kappa shape index (κ2) is 6.32. The number of rotatable bonds is 3. The van der Waals surface area contributed by atoms with Crippen LogP contribution in [0.2, 0.25) is 0 Å². The molecule has 0 amide bonds. The first-order chi connectivity index (χ1) is 10.7. The van der Waals surface area contributed by atoms with Gasteiger partial charge in [0.15, 0.2) is 0 Å². The van der Waals surface area contributed by atoms with E-state index >= 15 is 0 Å². The molecule has 0 saturated heterocycles. The van der Waals surface area contributed by atoms with E-state index in [0.29, 0.717) is 5.56 Å². The highest BCUT2D eigenvalue weighted by Crippen LogP contribution is 2.28. The second-order valence-corrected chi connectivity index (χ2v) is 5.95. The summed E-state index contributed by atoms with van der Waals surface area (Å²) >= 11 is 3.38. The van der Waals surface area contributed by atoms with Gasteiger partial charge in [-0.25, -0.2) is 4.79 Å². The number of carbonyl (C=O) groups excluding carboxylic acids is 1. The lowest BCUT2D eigenvalue weighted by atomic mass is 10.0. The van der Waals surface area contributed by atoms with Crippen molar-refractivity contribution in [1.82, 2.24) is 0 Å². The molecule has 0 radical (unpaired) electrons. The first kappa shape index (κ1) is 14.8. The minimum Gasteiger partial charge on any atom is -0.454 e. The van der Waals surface area contributed by atoms with Crippen molar-refractivity contribution >= 4 is 32.7 Å². The average Bonchev–Trinajstić information content (AvgIpc) is 2.54. The molecule has 0 aliphatic carbocycles. The lowest BCUT2D eigenvalue weighted by molar-refractivity contribution is 0.0339. The highest BCUT2D eigenvalue weighted by molar-refractivity contribution is 9.10. The van der Waals surface area contributed by atoms with Crippen LogP contribution >= 0.6 is 15.9 Å². The Balaban J connectivity index is 1.89. The van der Waals surface area contributed by atoms with Crippen LogP contribution in [0.3, 0.4) is 0 Å². The molecule has 3 aromatic rings. The molecule has 0 aliphatic heterocycles. The van der Waals surface area contributed by atoms with Crippen LogP contribution in [-0.2, 0) is 4.74 Å². The van der Waals surface area contributed by atoms with E-state index < -0.39 is 0 Å². The molecule has 0 heterocycles. The van der Waals surface area contributed by atoms with Crippen LogP contribution in [0.5, 0.6) is 0 Å². The maximum atomic E-state index is 12.3. The number of hydrogen-bond donors (Lipinski definition) is 0. The molecule has 3 heteroatoms. The van der Waals surface area contributed by atoms with E-state index in [1.165, 1.54) is 0 Å². The van der Waals surface area contributed by atoms with Crippen LogP contribution in [0.25, 0.3) is 10.8 Å². The Morgan fingerprint density at radius 3 is 2.45 bits per heavy atom. The third-order valence-electron chi connectivity index (χ3n) is 3.64. The van der Waals surface area contributed by atoms with Gasteiger partial charge in [0, 0.05) is 4.47 Å². The van der Waals surface area contributed by atoms with E-state index in [9.17, 15) is 4.79 Å². The highest BCUT2D eigenvalue weighted by atomic mass is 79.9. The fourth-order valence-corrected chi connectivity index (χ4v) is 2.97. The zero-order chi connectivity index (χ0) is 15.5. The fraction of sp³-hybridized carbons (Fsp3) is 0.105. The van der Waals surface area contributed by atoms with Gasteiger partial charge in [-0.3, -0.25) is 0 Å². The van der Waals surface area contributed by atoms with Gasteiger partial charge in [-0.1, -0.05) is 54.6 Å². The van der Waals surface area contributed by atoms with Crippen LogP contribution in [0.15, 0.2) is 71.2 Å². The van der Waals surface area contributed by atoms with Gasteiger partial charge in [0.25, 0.3) is 0 Å². The Morgan fingerprint density at radius 2 is 1.64 bits per heavy atom. The minimum atomic E-state index is -0.326. The normalized spacial score (nSPS) is 12.1. The van der Waals surface area contributed by atoms with Gasteiger partial charge in [0.2, 0.25) is 0 Å². The third-order valence-corrected chi connectivity index (χ3v) is 4.33. The smallest absolute Gasteiger partial charge is 0.339 e. The fourth-order valence-electron chi connectivity index (χ4n) is 2.52. The zero-order valence-corrected chi connectivity index (χ0v) is 13.7. The molecule has 0 fully saturated rings. The molecule has 0 aromatic heterocycles. The second-order valence-electron chi connectivity index (χ2n) is 5.10. The predicted octanol–water partition coefficient (Wildman–Crippen LogP) is 5.52. The molecule has 0 spiro atoms. The van der Waals surface area contributed by atoms with E-state index in [1.807, 2.05) is 55.5 Å². The average molecular weight is 355 g/mol. The van der Waals surface area contributed by atoms with Crippen LogP contribution in [-0.4, -0.2) is 5.97 Å². The minimum absolute atomic E-state index is 0.314. The number of carbonyl (C=O) groups is 1. The molecule has 110 valence electrons. The van der Waals surface area contributed by atoms with E-state index in [-0.39, 0.29) is 12.1 Å². The molecule has 0 saturated carbocycles. The summed E-state index contributed by atoms with van der Waals surface area (Å²) in [7, 11) is 0. The summed E-state index contributed by atoms with van der Waals surface area (Å²) in [4.78, 5) is 12.3. The standard InChI is InChI=1S/C19H15BrO2/c1-13(22-19(21)17-10-4-5-12-18(17)20)15-11-6-8-14-7-2-3-9-16(14)15/h2-13H,1H3. The summed E-state index contributed by atoms with van der Waals surface area (Å²) in [5.41, 5.74) is 1.55. The maximum Gasteiger partial charge on any atom is 0.339 e. The molecular weight excluding hydrogens is 340 g/mol. The van der Waals surface area contributed by atoms with Crippen molar-refractivity contribution in [3.63, 3.8) is 0 Å². The maximum absolute atomic E-state index is 12.3. The Labute approximate surface area is 137 Å². The van der Waals surface area contributed by atoms with Crippen molar-refractivity contribution in [1.29, 1.82) is 0 Å². The molecule has 2 nitrogen and oxygen atoms in total. The van der Waals surface area contributed by atoms with Crippen molar-refractivity contribution in [2.24, 2.45) is 0 Å². The Bertz CT molecular complexity index is 821. The Hall–Kier alpha value is -2.13. The monoisotopic (exact) mass is 354 g/mol. The largest absolute Gasteiger partial charge is 0.454 e. The lowest BCUT2D eigenvalue weighted by Gasteiger charge is -2.16. The van der Waals surface area contributed by atoms with Crippen LogP contribution in [0, 0.1) is 0 Å².